The fourth-order valence-electron chi connectivity index (χ4n) is 2.72. The van der Waals surface area contributed by atoms with Crippen LogP contribution in [0.1, 0.15) is 5.01 Å². The zero-order valence-corrected chi connectivity index (χ0v) is 15.1. The predicted octanol–water partition coefficient (Wildman–Crippen LogP) is 2.99. The number of amides is 2. The lowest BCUT2D eigenvalue weighted by atomic mass is 10.2. The second-order valence-electron chi connectivity index (χ2n) is 5.73. The Bertz CT molecular complexity index is 971. The van der Waals surface area contributed by atoms with Crippen LogP contribution < -0.4 is 15.0 Å². The van der Waals surface area contributed by atoms with Gasteiger partial charge in [-0.25, -0.2) is 4.98 Å². The number of aromatic nitrogens is 1. The molecule has 26 heavy (non-hydrogen) atoms. The lowest BCUT2D eigenvalue weighted by Crippen LogP contribution is -2.45. The molecule has 1 aliphatic heterocycles. The Morgan fingerprint density at radius 3 is 3.00 bits per heavy atom. The van der Waals surface area contributed by atoms with Crippen LogP contribution in [-0.2, 0) is 16.1 Å². The van der Waals surface area contributed by atoms with E-state index in [9.17, 15) is 9.59 Å². The Hall–Kier alpha value is -2.64. The topological polar surface area (TPSA) is 71.5 Å². The number of hydrogen-bond donors (Lipinski definition) is 1. The molecule has 3 aromatic rings. The molecule has 4 rings (SSSR count). The van der Waals surface area contributed by atoms with E-state index in [1.807, 2.05) is 24.3 Å². The fourth-order valence-corrected chi connectivity index (χ4v) is 3.79. The molecule has 0 aliphatic carbocycles. The molecule has 2 heterocycles. The molecule has 2 aromatic carbocycles. The van der Waals surface area contributed by atoms with Crippen LogP contribution in [0.4, 0.5) is 5.69 Å². The van der Waals surface area contributed by atoms with Gasteiger partial charge in [-0.15, -0.1) is 11.3 Å². The molecule has 0 fully saturated rings. The minimum Gasteiger partial charge on any atom is -0.482 e. The third-order valence-electron chi connectivity index (χ3n) is 3.94. The number of nitrogens with zero attached hydrogens (tertiary/aromatic N) is 2. The van der Waals surface area contributed by atoms with Crippen molar-refractivity contribution < 1.29 is 14.3 Å². The predicted molar refractivity (Wildman–Crippen MR) is 101 cm³/mol. The zero-order valence-electron chi connectivity index (χ0n) is 13.6. The average Bonchev–Trinajstić information content (AvgIpc) is 3.05. The Morgan fingerprint density at radius 1 is 1.31 bits per heavy atom. The van der Waals surface area contributed by atoms with Gasteiger partial charge in [0.05, 0.1) is 22.4 Å². The summed E-state index contributed by atoms with van der Waals surface area (Å²) in [5.41, 5.74) is 1.41. The molecule has 0 saturated carbocycles. The summed E-state index contributed by atoms with van der Waals surface area (Å²) in [5, 5.41) is 4.10. The van der Waals surface area contributed by atoms with Gasteiger partial charge < -0.3 is 10.1 Å². The summed E-state index contributed by atoms with van der Waals surface area (Å²) in [4.78, 5) is 30.4. The number of benzene rings is 2. The van der Waals surface area contributed by atoms with Gasteiger partial charge >= 0.3 is 0 Å². The van der Waals surface area contributed by atoms with Crippen LogP contribution in [0, 0.1) is 0 Å². The van der Waals surface area contributed by atoms with Crippen molar-refractivity contribution in [2.45, 2.75) is 6.54 Å². The van der Waals surface area contributed by atoms with Crippen molar-refractivity contribution in [3.8, 4) is 5.75 Å². The van der Waals surface area contributed by atoms with E-state index < -0.39 is 0 Å². The number of thiazole rings is 1. The van der Waals surface area contributed by atoms with Gasteiger partial charge in [0.1, 0.15) is 17.3 Å². The monoisotopic (exact) mass is 387 g/mol. The molecule has 1 N–H and O–H groups in total. The summed E-state index contributed by atoms with van der Waals surface area (Å²) in [5.74, 6) is -0.0201. The van der Waals surface area contributed by atoms with Crippen molar-refractivity contribution in [2.24, 2.45) is 0 Å². The molecule has 0 radical (unpaired) electrons. The highest BCUT2D eigenvalue weighted by Crippen LogP contribution is 2.34. The Balaban J connectivity index is 1.44. The first-order chi connectivity index (χ1) is 12.6. The van der Waals surface area contributed by atoms with Crippen molar-refractivity contribution in [1.82, 2.24) is 10.3 Å². The Labute approximate surface area is 158 Å². The lowest BCUT2D eigenvalue weighted by Gasteiger charge is -2.28. The van der Waals surface area contributed by atoms with Gasteiger partial charge in [0.25, 0.3) is 5.91 Å². The SMILES string of the molecule is O=C(CN1C(=O)COc2ccc(Cl)cc21)NCc1nc2ccccc2s1. The number of halogens is 1. The number of carbonyl (C=O) groups is 2. The Kier molecular flexibility index (Phi) is 4.48. The maximum Gasteiger partial charge on any atom is 0.265 e. The molecule has 0 atom stereocenters. The molecule has 8 heteroatoms. The van der Waals surface area contributed by atoms with E-state index in [2.05, 4.69) is 10.3 Å². The van der Waals surface area contributed by atoms with E-state index in [1.54, 1.807) is 18.2 Å². The van der Waals surface area contributed by atoms with E-state index in [1.165, 1.54) is 16.2 Å². The van der Waals surface area contributed by atoms with E-state index in [4.69, 9.17) is 16.3 Å². The molecule has 6 nitrogen and oxygen atoms in total. The van der Waals surface area contributed by atoms with Crippen molar-refractivity contribution in [1.29, 1.82) is 0 Å². The van der Waals surface area contributed by atoms with Crippen LogP contribution in [0.15, 0.2) is 42.5 Å². The molecule has 0 bridgehead atoms. The van der Waals surface area contributed by atoms with Crippen molar-refractivity contribution in [2.75, 3.05) is 18.1 Å². The second kappa shape index (κ2) is 6.93. The van der Waals surface area contributed by atoms with Crippen molar-refractivity contribution in [3.63, 3.8) is 0 Å². The summed E-state index contributed by atoms with van der Waals surface area (Å²) in [6.07, 6.45) is 0. The molecular weight excluding hydrogens is 374 g/mol. The maximum absolute atomic E-state index is 12.3. The number of ether oxygens (including phenoxy) is 1. The first-order valence-corrected chi connectivity index (χ1v) is 9.13. The summed E-state index contributed by atoms with van der Waals surface area (Å²) < 4.78 is 6.45. The number of para-hydroxylation sites is 1. The molecule has 2 amide bonds. The number of carbonyl (C=O) groups excluding carboxylic acids is 2. The van der Waals surface area contributed by atoms with Gasteiger partial charge in [-0.05, 0) is 30.3 Å². The van der Waals surface area contributed by atoms with E-state index in [0.29, 0.717) is 23.0 Å². The number of anilines is 1. The van der Waals surface area contributed by atoms with E-state index in [0.717, 1.165) is 15.2 Å². The third kappa shape index (κ3) is 3.36. The van der Waals surface area contributed by atoms with Crippen LogP contribution in [0.3, 0.4) is 0 Å². The highest BCUT2D eigenvalue weighted by molar-refractivity contribution is 7.18. The van der Waals surface area contributed by atoms with E-state index in [-0.39, 0.29) is 25.0 Å². The largest absolute Gasteiger partial charge is 0.482 e. The summed E-state index contributed by atoms with van der Waals surface area (Å²) in [6, 6.07) is 12.8. The molecule has 132 valence electrons. The van der Waals surface area contributed by atoms with Crippen LogP contribution in [0.5, 0.6) is 5.75 Å². The van der Waals surface area contributed by atoms with Crippen molar-refractivity contribution in [3.05, 3.63) is 52.5 Å². The standard InChI is InChI=1S/C18H14ClN3O3S/c19-11-5-6-14-13(7-11)22(18(24)10-25-14)9-16(23)20-8-17-21-12-3-1-2-4-15(12)26-17/h1-7H,8-10H2,(H,20,23). The average molecular weight is 388 g/mol. The molecule has 0 spiro atoms. The normalized spacial score (nSPS) is 13.4. The molecule has 0 saturated heterocycles. The van der Waals surface area contributed by atoms with Gasteiger partial charge in [0.2, 0.25) is 5.91 Å². The van der Waals surface area contributed by atoms with Gasteiger partial charge in [0.15, 0.2) is 6.61 Å². The first kappa shape index (κ1) is 16.8. The molecular formula is C18H14ClN3O3S. The summed E-state index contributed by atoms with van der Waals surface area (Å²) in [6.45, 7) is 0.124. The minimum absolute atomic E-state index is 0.0968. The van der Waals surface area contributed by atoms with Gasteiger partial charge in [-0.3, -0.25) is 14.5 Å². The highest BCUT2D eigenvalue weighted by atomic mass is 35.5. The molecule has 1 aliphatic rings. The maximum atomic E-state index is 12.3. The number of nitrogens with one attached hydrogen (secondary N) is 1. The van der Waals surface area contributed by atoms with Crippen LogP contribution >= 0.6 is 22.9 Å². The fraction of sp³-hybridized carbons (Fsp3) is 0.167. The molecule has 0 unspecified atom stereocenters. The number of rotatable bonds is 4. The van der Waals surface area contributed by atoms with Crippen LogP contribution in [0.2, 0.25) is 5.02 Å². The third-order valence-corrected chi connectivity index (χ3v) is 5.21. The van der Waals surface area contributed by atoms with Gasteiger partial charge in [-0.2, -0.15) is 0 Å². The minimum atomic E-state index is -0.282. The molecule has 1 aromatic heterocycles. The van der Waals surface area contributed by atoms with Gasteiger partial charge in [-0.1, -0.05) is 23.7 Å². The second-order valence-corrected chi connectivity index (χ2v) is 7.28. The smallest absolute Gasteiger partial charge is 0.265 e. The lowest BCUT2D eigenvalue weighted by molar-refractivity contribution is -0.125. The quantitative estimate of drug-likeness (QED) is 0.747. The number of fused-ring (bicyclic) bond motifs is 2. The van der Waals surface area contributed by atoms with Crippen LogP contribution in [-0.4, -0.2) is 29.9 Å². The highest BCUT2D eigenvalue weighted by Gasteiger charge is 2.27. The van der Waals surface area contributed by atoms with Crippen molar-refractivity contribution >= 4 is 50.7 Å². The number of hydrogen-bond acceptors (Lipinski definition) is 5. The van der Waals surface area contributed by atoms with Gasteiger partial charge in [0, 0.05) is 5.02 Å². The summed E-state index contributed by atoms with van der Waals surface area (Å²) in [7, 11) is 0. The zero-order chi connectivity index (χ0) is 18.1. The van der Waals surface area contributed by atoms with Crippen LogP contribution in [0.25, 0.3) is 10.2 Å². The summed E-state index contributed by atoms with van der Waals surface area (Å²) >= 11 is 7.54. The Morgan fingerprint density at radius 2 is 2.15 bits per heavy atom. The first-order valence-electron chi connectivity index (χ1n) is 7.94. The van der Waals surface area contributed by atoms with E-state index >= 15 is 0 Å².